The van der Waals surface area contributed by atoms with E-state index in [4.69, 9.17) is 0 Å². The van der Waals surface area contributed by atoms with Crippen LogP contribution in [-0.2, 0) is 4.79 Å². The monoisotopic (exact) mass is 235 g/mol. The second kappa shape index (κ2) is 5.09. The zero-order valence-electron chi connectivity index (χ0n) is 10.9. The average Bonchev–Trinajstić information content (AvgIpc) is 2.38. The third-order valence-corrected chi connectivity index (χ3v) is 5.21. The molecule has 0 amide bonds. The SMILES string of the molecule is O=C1CCCC(N2CCC[C@H]3CCCC[C@H]32)C1. The van der Waals surface area contributed by atoms with Crippen LogP contribution in [0.1, 0.15) is 64.2 Å². The highest BCUT2D eigenvalue weighted by atomic mass is 16.1. The van der Waals surface area contributed by atoms with Gasteiger partial charge in [0, 0.05) is 24.9 Å². The molecule has 0 bridgehead atoms. The lowest BCUT2D eigenvalue weighted by molar-refractivity contribution is -0.123. The van der Waals surface area contributed by atoms with E-state index < -0.39 is 0 Å². The molecule has 2 nitrogen and oxygen atoms in total. The first-order valence-electron chi connectivity index (χ1n) is 7.62. The molecule has 3 rings (SSSR count). The van der Waals surface area contributed by atoms with Crippen molar-refractivity contribution in [2.75, 3.05) is 6.54 Å². The lowest BCUT2D eigenvalue weighted by atomic mass is 9.76. The summed E-state index contributed by atoms with van der Waals surface area (Å²) in [5.41, 5.74) is 0. The summed E-state index contributed by atoms with van der Waals surface area (Å²) >= 11 is 0. The van der Waals surface area contributed by atoms with Gasteiger partial charge in [-0.2, -0.15) is 0 Å². The fraction of sp³-hybridized carbons (Fsp3) is 0.933. The van der Waals surface area contributed by atoms with Gasteiger partial charge in [0.2, 0.25) is 0 Å². The molecule has 2 heteroatoms. The molecule has 1 heterocycles. The summed E-state index contributed by atoms with van der Waals surface area (Å²) in [5, 5.41) is 0. The van der Waals surface area contributed by atoms with Crippen molar-refractivity contribution in [3.63, 3.8) is 0 Å². The van der Waals surface area contributed by atoms with Gasteiger partial charge >= 0.3 is 0 Å². The number of ketones is 1. The van der Waals surface area contributed by atoms with Crippen LogP contribution >= 0.6 is 0 Å². The standard InChI is InChI=1S/C15H25NO/c17-14-8-3-7-13(11-14)16-10-4-6-12-5-1-2-9-15(12)16/h12-13,15H,1-11H2/t12-,13?,15-/m1/s1. The summed E-state index contributed by atoms with van der Waals surface area (Å²) in [6, 6.07) is 1.43. The molecular formula is C15H25NO. The van der Waals surface area contributed by atoms with Crippen molar-refractivity contribution in [3.8, 4) is 0 Å². The van der Waals surface area contributed by atoms with Gasteiger partial charge < -0.3 is 0 Å². The lowest BCUT2D eigenvalue weighted by Crippen LogP contribution is -2.52. The maximum absolute atomic E-state index is 11.6. The highest BCUT2D eigenvalue weighted by molar-refractivity contribution is 5.79. The number of carbonyl (C=O) groups is 1. The highest BCUT2D eigenvalue weighted by Gasteiger charge is 2.37. The predicted molar refractivity (Wildman–Crippen MR) is 68.9 cm³/mol. The molecule has 96 valence electrons. The molecule has 3 aliphatic rings. The molecule has 2 saturated carbocycles. The molecule has 0 aromatic heterocycles. The lowest BCUT2D eigenvalue weighted by Gasteiger charge is -2.48. The van der Waals surface area contributed by atoms with Gasteiger partial charge in [-0.1, -0.05) is 12.8 Å². The topological polar surface area (TPSA) is 20.3 Å². The minimum atomic E-state index is 0.513. The summed E-state index contributed by atoms with van der Waals surface area (Å²) in [6.45, 7) is 1.26. The van der Waals surface area contributed by atoms with Gasteiger partial charge in [0.1, 0.15) is 5.78 Å². The Bertz CT molecular complexity index is 287. The van der Waals surface area contributed by atoms with Crippen LogP contribution in [0.4, 0.5) is 0 Å². The molecule has 1 saturated heterocycles. The van der Waals surface area contributed by atoms with Gasteiger partial charge in [0.25, 0.3) is 0 Å². The van der Waals surface area contributed by atoms with E-state index in [2.05, 4.69) is 4.90 Å². The van der Waals surface area contributed by atoms with E-state index in [1.165, 1.54) is 51.5 Å². The van der Waals surface area contributed by atoms with Crippen molar-refractivity contribution in [1.82, 2.24) is 4.90 Å². The molecule has 17 heavy (non-hydrogen) atoms. The molecule has 2 aliphatic carbocycles. The molecule has 3 atom stereocenters. The van der Waals surface area contributed by atoms with Crippen LogP contribution in [0.5, 0.6) is 0 Å². The molecule has 0 aromatic carbocycles. The van der Waals surface area contributed by atoms with E-state index in [-0.39, 0.29) is 0 Å². The average molecular weight is 235 g/mol. The number of fused-ring (bicyclic) bond motifs is 1. The second-order valence-corrected chi connectivity index (χ2v) is 6.28. The van der Waals surface area contributed by atoms with E-state index in [0.29, 0.717) is 11.8 Å². The van der Waals surface area contributed by atoms with Crippen molar-refractivity contribution in [2.45, 2.75) is 76.3 Å². The number of carbonyl (C=O) groups excluding carboxylic acids is 1. The molecule has 0 spiro atoms. The van der Waals surface area contributed by atoms with Gasteiger partial charge in [-0.3, -0.25) is 9.69 Å². The van der Waals surface area contributed by atoms with Gasteiger partial charge in [0.15, 0.2) is 0 Å². The Morgan fingerprint density at radius 3 is 2.65 bits per heavy atom. The van der Waals surface area contributed by atoms with Crippen molar-refractivity contribution in [2.24, 2.45) is 5.92 Å². The van der Waals surface area contributed by atoms with Crippen molar-refractivity contribution < 1.29 is 4.79 Å². The van der Waals surface area contributed by atoms with Gasteiger partial charge in [-0.05, 0) is 51.0 Å². The number of Topliss-reactive ketones (excluding diaryl/α,β-unsaturated/α-hetero) is 1. The predicted octanol–water partition coefficient (Wildman–Crippen LogP) is 3.15. The molecule has 1 unspecified atom stereocenters. The summed E-state index contributed by atoms with van der Waals surface area (Å²) in [5.74, 6) is 1.47. The summed E-state index contributed by atoms with van der Waals surface area (Å²) in [4.78, 5) is 14.4. The molecule has 0 N–H and O–H groups in total. The summed E-state index contributed by atoms with van der Waals surface area (Å²) < 4.78 is 0. The van der Waals surface area contributed by atoms with E-state index in [9.17, 15) is 4.79 Å². The fourth-order valence-electron chi connectivity index (χ4n) is 4.40. The summed E-state index contributed by atoms with van der Waals surface area (Å²) in [7, 11) is 0. The number of piperidine rings is 1. The smallest absolute Gasteiger partial charge is 0.134 e. The van der Waals surface area contributed by atoms with Crippen molar-refractivity contribution in [3.05, 3.63) is 0 Å². The normalized spacial score (nSPS) is 40.0. The Kier molecular flexibility index (Phi) is 3.51. The Labute approximate surface area is 105 Å². The van der Waals surface area contributed by atoms with Gasteiger partial charge in [-0.25, -0.2) is 0 Å². The zero-order chi connectivity index (χ0) is 11.7. The van der Waals surface area contributed by atoms with Crippen molar-refractivity contribution >= 4 is 5.78 Å². The number of hydrogen-bond donors (Lipinski definition) is 0. The second-order valence-electron chi connectivity index (χ2n) is 6.28. The Hall–Kier alpha value is -0.370. The Balaban J connectivity index is 1.69. The minimum Gasteiger partial charge on any atom is -0.300 e. The van der Waals surface area contributed by atoms with Crippen LogP contribution in [0.2, 0.25) is 0 Å². The first-order chi connectivity index (χ1) is 8.34. The Morgan fingerprint density at radius 2 is 1.76 bits per heavy atom. The van der Waals surface area contributed by atoms with Gasteiger partial charge in [0.05, 0.1) is 0 Å². The quantitative estimate of drug-likeness (QED) is 0.696. The molecule has 1 aliphatic heterocycles. The first kappa shape index (κ1) is 11.7. The van der Waals surface area contributed by atoms with Crippen LogP contribution in [0.3, 0.4) is 0 Å². The number of likely N-dealkylation sites (tertiary alicyclic amines) is 1. The van der Waals surface area contributed by atoms with Crippen LogP contribution < -0.4 is 0 Å². The van der Waals surface area contributed by atoms with E-state index in [1.54, 1.807) is 0 Å². The molecule has 3 fully saturated rings. The van der Waals surface area contributed by atoms with Gasteiger partial charge in [-0.15, -0.1) is 0 Å². The molecule has 0 radical (unpaired) electrons. The maximum Gasteiger partial charge on any atom is 0.134 e. The minimum absolute atomic E-state index is 0.513. The highest BCUT2D eigenvalue weighted by Crippen LogP contribution is 2.38. The largest absolute Gasteiger partial charge is 0.300 e. The zero-order valence-corrected chi connectivity index (χ0v) is 10.9. The third-order valence-electron chi connectivity index (χ3n) is 5.21. The third kappa shape index (κ3) is 2.42. The number of nitrogens with zero attached hydrogens (tertiary/aromatic N) is 1. The van der Waals surface area contributed by atoms with Crippen molar-refractivity contribution in [1.29, 1.82) is 0 Å². The van der Waals surface area contributed by atoms with Crippen LogP contribution in [0.25, 0.3) is 0 Å². The van der Waals surface area contributed by atoms with Crippen LogP contribution in [-0.4, -0.2) is 29.3 Å². The van der Waals surface area contributed by atoms with E-state index >= 15 is 0 Å². The Morgan fingerprint density at radius 1 is 0.941 bits per heavy atom. The molecule has 0 aromatic rings. The molecular weight excluding hydrogens is 210 g/mol. The summed E-state index contributed by atoms with van der Waals surface area (Å²) in [6.07, 6.45) is 12.6. The maximum atomic E-state index is 11.6. The first-order valence-corrected chi connectivity index (χ1v) is 7.62. The van der Waals surface area contributed by atoms with E-state index in [1.807, 2.05) is 0 Å². The van der Waals surface area contributed by atoms with Crippen LogP contribution in [0, 0.1) is 5.92 Å². The number of hydrogen-bond acceptors (Lipinski definition) is 2. The van der Waals surface area contributed by atoms with Crippen LogP contribution in [0.15, 0.2) is 0 Å². The number of rotatable bonds is 1. The fourth-order valence-corrected chi connectivity index (χ4v) is 4.40. The van der Waals surface area contributed by atoms with E-state index in [0.717, 1.165) is 31.2 Å².